The summed E-state index contributed by atoms with van der Waals surface area (Å²) in [4.78, 5) is 0. The monoisotopic (exact) mass is 346 g/mol. The molecule has 3 heteroatoms. The van der Waals surface area contributed by atoms with E-state index in [0.29, 0.717) is 24.7 Å². The minimum absolute atomic E-state index is 0.292. The molecule has 2 nitrogen and oxygen atoms in total. The van der Waals surface area contributed by atoms with E-state index in [1.807, 2.05) is 0 Å². The number of hydrogen-bond donors (Lipinski definition) is 0. The molecule has 0 aromatic heterocycles. The Hall–Kier alpha value is -1.09. The van der Waals surface area contributed by atoms with Gasteiger partial charge in [0.15, 0.2) is 0 Å². The number of alkyl halides is 1. The molecular weight excluding hydrogens is 311 g/mol. The molecule has 140 valence electrons. The normalized spacial score (nSPS) is 31.0. The van der Waals surface area contributed by atoms with Crippen molar-refractivity contribution in [3.8, 4) is 12.1 Å². The average Bonchev–Trinajstić information content (AvgIpc) is 2.64. The standard InChI is InChI=1S/C22H35FN2/c23-22(21-13-11-19(12-14-21)6-2-4-16-25)17-20-9-7-18(8-10-20)5-1-3-15-24/h18-22H,1-14,17H2/t18-,19-,20-,21-,22?. The van der Waals surface area contributed by atoms with Crippen LogP contribution in [0, 0.1) is 46.3 Å². The first-order chi connectivity index (χ1) is 12.2. The van der Waals surface area contributed by atoms with Crippen molar-refractivity contribution in [2.45, 2.75) is 102 Å². The maximum absolute atomic E-state index is 14.8. The van der Waals surface area contributed by atoms with Crippen molar-refractivity contribution < 1.29 is 4.39 Å². The zero-order valence-corrected chi connectivity index (χ0v) is 15.8. The molecule has 2 rings (SSSR count). The van der Waals surface area contributed by atoms with Crippen LogP contribution in [0.3, 0.4) is 0 Å². The highest BCUT2D eigenvalue weighted by atomic mass is 19.1. The second-order valence-corrected chi connectivity index (χ2v) is 8.52. The van der Waals surface area contributed by atoms with Crippen LogP contribution in [0.1, 0.15) is 96.3 Å². The fraction of sp³-hybridized carbons (Fsp3) is 0.909. The van der Waals surface area contributed by atoms with Crippen molar-refractivity contribution in [2.24, 2.45) is 23.7 Å². The Morgan fingerprint density at radius 1 is 0.720 bits per heavy atom. The quantitative estimate of drug-likeness (QED) is 0.435. The van der Waals surface area contributed by atoms with Gasteiger partial charge < -0.3 is 0 Å². The summed E-state index contributed by atoms with van der Waals surface area (Å²) in [6.45, 7) is 0. The summed E-state index contributed by atoms with van der Waals surface area (Å²) < 4.78 is 14.8. The summed E-state index contributed by atoms with van der Waals surface area (Å²) in [5.41, 5.74) is 0. The Labute approximate surface area is 153 Å². The molecule has 0 aromatic rings. The molecule has 0 radical (unpaired) electrons. The molecule has 0 aliphatic heterocycles. The van der Waals surface area contributed by atoms with E-state index in [1.165, 1.54) is 44.9 Å². The molecule has 25 heavy (non-hydrogen) atoms. The topological polar surface area (TPSA) is 47.6 Å². The Balaban J connectivity index is 1.59. The summed E-state index contributed by atoms with van der Waals surface area (Å²) in [5, 5.41) is 17.3. The Morgan fingerprint density at radius 3 is 1.64 bits per heavy atom. The van der Waals surface area contributed by atoms with Crippen molar-refractivity contribution in [2.75, 3.05) is 0 Å². The van der Waals surface area contributed by atoms with Crippen molar-refractivity contribution >= 4 is 0 Å². The molecule has 1 atom stereocenters. The Kier molecular flexibility index (Phi) is 9.31. The van der Waals surface area contributed by atoms with Gasteiger partial charge in [0.25, 0.3) is 0 Å². The van der Waals surface area contributed by atoms with Gasteiger partial charge in [-0.3, -0.25) is 0 Å². The molecule has 2 fully saturated rings. The van der Waals surface area contributed by atoms with Gasteiger partial charge in [-0.2, -0.15) is 10.5 Å². The SMILES string of the molecule is N#CCCC[C@H]1CC[C@H](CC(F)[C@H]2CC[C@H](CCCC#N)CC2)CC1. The van der Waals surface area contributed by atoms with Crippen LogP contribution in [-0.4, -0.2) is 6.17 Å². The van der Waals surface area contributed by atoms with E-state index >= 15 is 0 Å². The zero-order chi connectivity index (χ0) is 17.9. The lowest BCUT2D eigenvalue weighted by Crippen LogP contribution is -2.26. The molecular formula is C22H35FN2. The van der Waals surface area contributed by atoms with Gasteiger partial charge in [-0.25, -0.2) is 4.39 Å². The van der Waals surface area contributed by atoms with Crippen LogP contribution in [0.2, 0.25) is 0 Å². The molecule has 0 aromatic carbocycles. The van der Waals surface area contributed by atoms with Gasteiger partial charge in [0.2, 0.25) is 0 Å². The molecule has 0 saturated heterocycles. The second kappa shape index (κ2) is 11.5. The lowest BCUT2D eigenvalue weighted by Gasteiger charge is -2.34. The van der Waals surface area contributed by atoms with E-state index in [0.717, 1.165) is 50.4 Å². The average molecular weight is 347 g/mol. The summed E-state index contributed by atoms with van der Waals surface area (Å²) in [5.74, 6) is 2.41. The number of rotatable bonds is 9. The third-order valence-corrected chi connectivity index (χ3v) is 6.73. The highest BCUT2D eigenvalue weighted by Crippen LogP contribution is 2.39. The molecule has 1 unspecified atom stereocenters. The number of hydrogen-bond acceptors (Lipinski definition) is 2. The molecule has 2 aliphatic carbocycles. The lowest BCUT2D eigenvalue weighted by molar-refractivity contribution is 0.113. The second-order valence-electron chi connectivity index (χ2n) is 8.52. The van der Waals surface area contributed by atoms with Crippen LogP contribution in [0.15, 0.2) is 0 Å². The molecule has 2 saturated carbocycles. The van der Waals surface area contributed by atoms with Gasteiger partial charge in [0.1, 0.15) is 6.17 Å². The Bertz CT molecular complexity index is 434. The summed E-state index contributed by atoms with van der Waals surface area (Å²) in [6, 6.07) is 4.45. The lowest BCUT2D eigenvalue weighted by atomic mass is 9.73. The molecule has 0 spiro atoms. The number of unbranched alkanes of at least 4 members (excludes halogenated alkanes) is 2. The molecule has 2 aliphatic rings. The fourth-order valence-corrected chi connectivity index (χ4v) is 5.04. The minimum Gasteiger partial charge on any atom is -0.247 e. The van der Waals surface area contributed by atoms with Crippen LogP contribution in [0.25, 0.3) is 0 Å². The minimum atomic E-state index is -0.597. The smallest absolute Gasteiger partial charge is 0.103 e. The zero-order valence-electron chi connectivity index (χ0n) is 15.8. The Morgan fingerprint density at radius 2 is 1.16 bits per heavy atom. The predicted octanol–water partition coefficient (Wildman–Crippen LogP) is 6.72. The molecule has 0 N–H and O–H groups in total. The largest absolute Gasteiger partial charge is 0.247 e. The number of nitrogens with zero attached hydrogens (tertiary/aromatic N) is 2. The van der Waals surface area contributed by atoms with E-state index in [2.05, 4.69) is 12.1 Å². The van der Waals surface area contributed by atoms with Gasteiger partial charge in [0.05, 0.1) is 12.1 Å². The highest BCUT2D eigenvalue weighted by molar-refractivity contribution is 4.82. The van der Waals surface area contributed by atoms with E-state index in [9.17, 15) is 4.39 Å². The van der Waals surface area contributed by atoms with Gasteiger partial charge in [0, 0.05) is 12.8 Å². The number of halogens is 1. The third-order valence-electron chi connectivity index (χ3n) is 6.73. The molecule has 0 amide bonds. The van der Waals surface area contributed by atoms with Crippen LogP contribution in [-0.2, 0) is 0 Å². The van der Waals surface area contributed by atoms with Gasteiger partial charge >= 0.3 is 0 Å². The van der Waals surface area contributed by atoms with Crippen LogP contribution in [0.4, 0.5) is 4.39 Å². The molecule has 0 bridgehead atoms. The first-order valence-electron chi connectivity index (χ1n) is 10.6. The van der Waals surface area contributed by atoms with Crippen LogP contribution >= 0.6 is 0 Å². The van der Waals surface area contributed by atoms with Crippen molar-refractivity contribution in [3.63, 3.8) is 0 Å². The third kappa shape index (κ3) is 7.35. The van der Waals surface area contributed by atoms with Crippen molar-refractivity contribution in [1.82, 2.24) is 0 Å². The van der Waals surface area contributed by atoms with E-state index < -0.39 is 6.17 Å². The maximum atomic E-state index is 14.8. The van der Waals surface area contributed by atoms with Crippen molar-refractivity contribution in [1.29, 1.82) is 10.5 Å². The van der Waals surface area contributed by atoms with Crippen molar-refractivity contribution in [3.05, 3.63) is 0 Å². The summed E-state index contributed by atoms with van der Waals surface area (Å²) >= 11 is 0. The maximum Gasteiger partial charge on any atom is 0.103 e. The summed E-state index contributed by atoms with van der Waals surface area (Å²) in [6.07, 6.45) is 15.3. The van der Waals surface area contributed by atoms with Crippen LogP contribution < -0.4 is 0 Å². The first kappa shape index (κ1) is 20.2. The van der Waals surface area contributed by atoms with Gasteiger partial charge in [-0.1, -0.05) is 38.5 Å². The van der Waals surface area contributed by atoms with Gasteiger partial charge in [-0.05, 0) is 68.6 Å². The highest BCUT2D eigenvalue weighted by Gasteiger charge is 2.30. The van der Waals surface area contributed by atoms with E-state index in [1.54, 1.807) is 0 Å². The molecule has 0 heterocycles. The fourth-order valence-electron chi connectivity index (χ4n) is 5.04. The van der Waals surface area contributed by atoms with Gasteiger partial charge in [-0.15, -0.1) is 0 Å². The number of nitriles is 2. The van der Waals surface area contributed by atoms with E-state index in [-0.39, 0.29) is 0 Å². The van der Waals surface area contributed by atoms with Crippen LogP contribution in [0.5, 0.6) is 0 Å². The summed E-state index contributed by atoms with van der Waals surface area (Å²) in [7, 11) is 0. The first-order valence-corrected chi connectivity index (χ1v) is 10.6. The van der Waals surface area contributed by atoms with E-state index in [4.69, 9.17) is 10.5 Å². The predicted molar refractivity (Wildman–Crippen MR) is 99.3 cm³/mol.